The molecule has 0 N–H and O–H groups in total. The number of imidazole rings is 1. The van der Waals surface area contributed by atoms with Crippen LogP contribution in [0.2, 0.25) is 0 Å². The van der Waals surface area contributed by atoms with Gasteiger partial charge in [-0.25, -0.2) is 14.8 Å². The molecule has 5 nitrogen and oxygen atoms in total. The normalized spacial score (nSPS) is 11.2. The Labute approximate surface area is 145 Å². The van der Waals surface area contributed by atoms with Crippen LogP contribution in [-0.2, 0) is 4.74 Å². The first kappa shape index (κ1) is 15.3. The largest absolute Gasteiger partial charge is 0.465 e. The summed E-state index contributed by atoms with van der Waals surface area (Å²) in [5.41, 5.74) is 6.03. The van der Waals surface area contributed by atoms with Gasteiger partial charge < -0.3 is 4.74 Å². The van der Waals surface area contributed by atoms with Gasteiger partial charge in [-0.1, -0.05) is 30.3 Å². The summed E-state index contributed by atoms with van der Waals surface area (Å²) in [5, 5.41) is 0. The van der Waals surface area contributed by atoms with Gasteiger partial charge in [0.1, 0.15) is 0 Å². The van der Waals surface area contributed by atoms with E-state index in [0.29, 0.717) is 11.3 Å². The molecule has 2 heterocycles. The summed E-state index contributed by atoms with van der Waals surface area (Å²) in [6, 6.07) is 13.6. The Morgan fingerprint density at radius 2 is 1.76 bits per heavy atom. The van der Waals surface area contributed by atoms with Crippen LogP contribution in [0.5, 0.6) is 0 Å². The van der Waals surface area contributed by atoms with E-state index in [0.717, 1.165) is 33.8 Å². The van der Waals surface area contributed by atoms with Crippen LogP contribution in [-0.4, -0.2) is 27.4 Å². The molecule has 0 saturated heterocycles. The number of methoxy groups -OCH3 is 1. The minimum Gasteiger partial charge on any atom is -0.465 e. The number of aromatic nitrogens is 3. The Balaban J connectivity index is 1.99. The first-order valence-corrected chi connectivity index (χ1v) is 8.02. The van der Waals surface area contributed by atoms with E-state index in [2.05, 4.69) is 9.97 Å². The molecule has 0 aromatic carbocycles. The summed E-state index contributed by atoms with van der Waals surface area (Å²) in [6.07, 6.45) is 1.96. The van der Waals surface area contributed by atoms with Crippen molar-refractivity contribution in [2.24, 2.45) is 0 Å². The third-order valence-electron chi connectivity index (χ3n) is 4.35. The van der Waals surface area contributed by atoms with E-state index in [9.17, 15) is 4.79 Å². The van der Waals surface area contributed by atoms with Crippen LogP contribution in [0.1, 0.15) is 21.7 Å². The van der Waals surface area contributed by atoms with Crippen molar-refractivity contribution in [2.75, 3.05) is 7.11 Å². The number of hydrogen-bond acceptors (Lipinski definition) is 4. The first-order valence-electron chi connectivity index (χ1n) is 8.02. The summed E-state index contributed by atoms with van der Waals surface area (Å²) in [5.74, 6) is 0.304. The van der Waals surface area contributed by atoms with Crippen LogP contribution in [0.25, 0.3) is 28.2 Å². The summed E-state index contributed by atoms with van der Waals surface area (Å²) >= 11 is 0. The monoisotopic (exact) mass is 331 g/mol. The molecule has 0 radical (unpaired) electrons. The lowest BCUT2D eigenvalue weighted by Gasteiger charge is -1.99. The molecular weight excluding hydrogens is 314 g/mol. The van der Waals surface area contributed by atoms with Crippen molar-refractivity contribution >= 4 is 11.7 Å². The Bertz CT molecular complexity index is 1080. The van der Waals surface area contributed by atoms with Gasteiger partial charge in [0, 0.05) is 23.1 Å². The number of rotatable bonds is 2. The summed E-state index contributed by atoms with van der Waals surface area (Å²) in [4.78, 5) is 21.4. The summed E-state index contributed by atoms with van der Waals surface area (Å²) < 4.78 is 6.90. The average Bonchev–Trinajstić information content (AvgIpc) is 3.07. The molecule has 0 bridgehead atoms. The molecule has 25 heavy (non-hydrogen) atoms. The predicted molar refractivity (Wildman–Crippen MR) is 95.9 cm³/mol. The first-order chi connectivity index (χ1) is 12.1. The zero-order chi connectivity index (χ0) is 17.6. The van der Waals surface area contributed by atoms with Gasteiger partial charge in [-0.15, -0.1) is 0 Å². The minimum atomic E-state index is -0.351. The molecule has 0 amide bonds. The molecule has 5 heteroatoms. The van der Waals surface area contributed by atoms with Crippen molar-refractivity contribution in [3.8, 4) is 22.4 Å². The summed E-state index contributed by atoms with van der Waals surface area (Å²) in [6.45, 7) is 3.98. The van der Waals surface area contributed by atoms with E-state index in [1.165, 1.54) is 7.11 Å². The molecular formula is C20H17N3O2. The van der Waals surface area contributed by atoms with Crippen LogP contribution >= 0.6 is 0 Å². The lowest BCUT2D eigenvalue weighted by Crippen LogP contribution is -1.99. The third-order valence-corrected chi connectivity index (χ3v) is 4.35. The number of ether oxygens (including phenoxy) is 1. The van der Waals surface area contributed by atoms with E-state index < -0.39 is 0 Å². The van der Waals surface area contributed by atoms with Crippen LogP contribution in [0.3, 0.4) is 0 Å². The van der Waals surface area contributed by atoms with Crippen LogP contribution in [0, 0.1) is 13.8 Å². The van der Waals surface area contributed by atoms with Crippen LogP contribution in [0.4, 0.5) is 0 Å². The molecule has 4 rings (SSSR count). The summed E-state index contributed by atoms with van der Waals surface area (Å²) in [7, 11) is 1.39. The zero-order valence-corrected chi connectivity index (χ0v) is 14.3. The fraction of sp³-hybridized carbons (Fsp3) is 0.150. The molecule has 0 atom stereocenters. The van der Waals surface area contributed by atoms with Crippen molar-refractivity contribution in [1.82, 2.24) is 14.4 Å². The van der Waals surface area contributed by atoms with E-state index in [1.54, 1.807) is 0 Å². The number of carbonyl (C=O) groups excluding carboxylic acids is 1. The Morgan fingerprint density at radius 1 is 1.00 bits per heavy atom. The molecule has 2 aromatic heterocycles. The second-order valence-corrected chi connectivity index (χ2v) is 6.04. The highest BCUT2D eigenvalue weighted by molar-refractivity contribution is 6.04. The van der Waals surface area contributed by atoms with Crippen molar-refractivity contribution in [1.29, 1.82) is 0 Å². The number of nitrogens with zero attached hydrogens (tertiary/aromatic N) is 3. The fourth-order valence-corrected chi connectivity index (χ4v) is 3.21. The quantitative estimate of drug-likeness (QED) is 0.523. The fourth-order valence-electron chi connectivity index (χ4n) is 3.21. The highest BCUT2D eigenvalue weighted by Crippen LogP contribution is 2.38. The van der Waals surface area contributed by atoms with E-state index in [-0.39, 0.29) is 5.97 Å². The van der Waals surface area contributed by atoms with Gasteiger partial charge in [0.15, 0.2) is 0 Å². The standard InChI is InChI=1S/C20H17N3O2/c1-12-9-13(2)23-11-18(22-20(23)21-12)16-10-17(19(24)25-3)15-8-6-4-5-7-14(15)16/h4-11H,1-3H3. The van der Waals surface area contributed by atoms with Gasteiger partial charge in [-0.05, 0) is 37.1 Å². The van der Waals surface area contributed by atoms with E-state index >= 15 is 0 Å². The van der Waals surface area contributed by atoms with Crippen molar-refractivity contribution in [2.45, 2.75) is 13.8 Å². The molecule has 0 fully saturated rings. The highest BCUT2D eigenvalue weighted by Gasteiger charge is 2.22. The molecule has 0 aliphatic heterocycles. The van der Waals surface area contributed by atoms with Crippen molar-refractivity contribution in [3.63, 3.8) is 0 Å². The smallest absolute Gasteiger partial charge is 0.338 e. The van der Waals surface area contributed by atoms with Gasteiger partial charge >= 0.3 is 5.97 Å². The number of aryl methyl sites for hydroxylation is 2. The minimum absolute atomic E-state index is 0.351. The van der Waals surface area contributed by atoms with Gasteiger partial charge in [-0.2, -0.15) is 0 Å². The number of hydrogen-bond donors (Lipinski definition) is 0. The maximum absolute atomic E-state index is 12.2. The molecule has 2 aromatic rings. The second-order valence-electron chi connectivity index (χ2n) is 6.04. The molecule has 2 aliphatic rings. The molecule has 124 valence electrons. The second kappa shape index (κ2) is 5.70. The van der Waals surface area contributed by atoms with Crippen LogP contribution in [0.15, 0.2) is 48.7 Å². The van der Waals surface area contributed by atoms with Gasteiger partial charge in [0.05, 0.1) is 18.4 Å². The van der Waals surface area contributed by atoms with Gasteiger partial charge in [0.2, 0.25) is 5.78 Å². The lowest BCUT2D eigenvalue weighted by atomic mass is 10.1. The number of carbonyl (C=O) groups is 1. The molecule has 0 unspecified atom stereocenters. The topological polar surface area (TPSA) is 56.5 Å². The predicted octanol–water partition coefficient (Wildman–Crippen LogP) is 3.90. The molecule has 0 saturated carbocycles. The Kier molecular flexibility index (Phi) is 3.50. The van der Waals surface area contributed by atoms with E-state index in [1.807, 2.05) is 66.9 Å². The van der Waals surface area contributed by atoms with Gasteiger partial charge in [-0.3, -0.25) is 4.40 Å². The molecule has 2 aliphatic carbocycles. The van der Waals surface area contributed by atoms with Crippen molar-refractivity contribution < 1.29 is 9.53 Å². The number of esters is 1. The Hall–Kier alpha value is -3.21. The van der Waals surface area contributed by atoms with Crippen molar-refractivity contribution in [3.05, 3.63) is 65.6 Å². The number of fused-ring (bicyclic) bond motifs is 2. The zero-order valence-electron chi connectivity index (χ0n) is 14.3. The van der Waals surface area contributed by atoms with Gasteiger partial charge in [0.25, 0.3) is 0 Å². The SMILES string of the molecule is COC(=O)c1cc(-c2cn3c(C)cc(C)nc3n2)c2cccccc1-2. The third kappa shape index (κ3) is 2.45. The lowest BCUT2D eigenvalue weighted by molar-refractivity contribution is 0.0602. The van der Waals surface area contributed by atoms with Crippen LogP contribution < -0.4 is 0 Å². The Morgan fingerprint density at radius 3 is 2.52 bits per heavy atom. The van der Waals surface area contributed by atoms with E-state index in [4.69, 9.17) is 4.74 Å². The average molecular weight is 331 g/mol. The maximum atomic E-state index is 12.2. The maximum Gasteiger partial charge on any atom is 0.338 e. The highest BCUT2D eigenvalue weighted by atomic mass is 16.5. The molecule has 0 spiro atoms.